The molecule has 3 aromatic rings. The van der Waals surface area contributed by atoms with Gasteiger partial charge in [0.1, 0.15) is 5.82 Å². The maximum Gasteiger partial charge on any atom is 0.233 e. The second-order valence-electron chi connectivity index (χ2n) is 5.08. The Bertz CT molecular complexity index is 786. The summed E-state index contributed by atoms with van der Waals surface area (Å²) in [5.41, 5.74) is 7.47. The van der Waals surface area contributed by atoms with Crippen molar-refractivity contribution in [1.29, 1.82) is 0 Å². The van der Waals surface area contributed by atoms with Crippen LogP contribution in [0, 0.1) is 0 Å². The molecule has 0 saturated heterocycles. The molecule has 1 aromatic carbocycles. The van der Waals surface area contributed by atoms with Gasteiger partial charge < -0.3 is 10.5 Å². The Balaban J connectivity index is 2.03. The summed E-state index contributed by atoms with van der Waals surface area (Å²) in [6, 6.07) is 7.86. The van der Waals surface area contributed by atoms with Gasteiger partial charge in [0.25, 0.3) is 0 Å². The number of hydrogen-bond donors (Lipinski definition) is 1. The maximum atomic E-state index is 5.73. The van der Waals surface area contributed by atoms with Gasteiger partial charge in [-0.3, -0.25) is 4.98 Å². The minimum absolute atomic E-state index is 0.0667. The Morgan fingerprint density at radius 2 is 1.90 bits per heavy atom. The molecule has 0 radical (unpaired) electrons. The molecule has 2 aromatic heterocycles. The minimum atomic E-state index is 0.0667. The van der Waals surface area contributed by atoms with Crippen molar-refractivity contribution in [2.45, 2.75) is 20.0 Å². The first-order valence-electron chi connectivity index (χ1n) is 6.76. The van der Waals surface area contributed by atoms with Gasteiger partial charge in [-0.1, -0.05) is 12.1 Å². The zero-order chi connectivity index (χ0) is 14.8. The van der Waals surface area contributed by atoms with Crippen molar-refractivity contribution in [1.82, 2.24) is 15.0 Å². The molecule has 0 spiro atoms. The van der Waals surface area contributed by atoms with E-state index in [1.54, 1.807) is 18.6 Å². The highest BCUT2D eigenvalue weighted by Crippen LogP contribution is 2.24. The topological polar surface area (TPSA) is 73.9 Å². The SMILES string of the molecule is CC(C)Oc1cncc(-c2ccc3cnc(N)cc3c2)n1. The summed E-state index contributed by atoms with van der Waals surface area (Å²) in [6.45, 7) is 3.92. The maximum absolute atomic E-state index is 5.73. The lowest BCUT2D eigenvalue weighted by atomic mass is 10.1. The van der Waals surface area contributed by atoms with Crippen LogP contribution in [0.3, 0.4) is 0 Å². The summed E-state index contributed by atoms with van der Waals surface area (Å²) >= 11 is 0. The van der Waals surface area contributed by atoms with Gasteiger partial charge in [-0.25, -0.2) is 9.97 Å². The van der Waals surface area contributed by atoms with E-state index in [9.17, 15) is 0 Å². The molecule has 0 bridgehead atoms. The van der Waals surface area contributed by atoms with Gasteiger partial charge in [0, 0.05) is 17.1 Å². The van der Waals surface area contributed by atoms with Gasteiger partial charge in [-0.05, 0) is 31.4 Å². The normalized spacial score (nSPS) is 11.0. The highest BCUT2D eigenvalue weighted by molar-refractivity contribution is 5.87. The van der Waals surface area contributed by atoms with Crippen molar-refractivity contribution < 1.29 is 4.74 Å². The van der Waals surface area contributed by atoms with Crippen molar-refractivity contribution in [3.05, 3.63) is 42.9 Å². The third-order valence-electron chi connectivity index (χ3n) is 3.01. The molecule has 2 heterocycles. The minimum Gasteiger partial charge on any atom is -0.474 e. The van der Waals surface area contributed by atoms with Crippen LogP contribution in [0.15, 0.2) is 42.9 Å². The number of nitrogen functional groups attached to an aromatic ring is 1. The van der Waals surface area contributed by atoms with Crippen LogP contribution in [0.4, 0.5) is 5.82 Å². The average molecular weight is 280 g/mol. The quantitative estimate of drug-likeness (QED) is 0.798. The summed E-state index contributed by atoms with van der Waals surface area (Å²) in [7, 11) is 0. The van der Waals surface area contributed by atoms with Crippen molar-refractivity contribution in [2.24, 2.45) is 0 Å². The van der Waals surface area contributed by atoms with Crippen LogP contribution in [0.25, 0.3) is 22.0 Å². The predicted octanol–water partition coefficient (Wildman–Crippen LogP) is 3.06. The summed E-state index contributed by atoms with van der Waals surface area (Å²) in [6.07, 6.45) is 5.17. The Morgan fingerprint density at radius 1 is 1.05 bits per heavy atom. The molecule has 0 amide bonds. The first-order chi connectivity index (χ1) is 10.1. The van der Waals surface area contributed by atoms with Crippen molar-refractivity contribution in [3.8, 4) is 17.1 Å². The Kier molecular flexibility index (Phi) is 3.39. The Morgan fingerprint density at radius 3 is 2.71 bits per heavy atom. The Labute approximate surface area is 122 Å². The van der Waals surface area contributed by atoms with E-state index < -0.39 is 0 Å². The number of rotatable bonds is 3. The highest BCUT2D eigenvalue weighted by Gasteiger charge is 2.06. The third kappa shape index (κ3) is 2.91. The molecule has 5 nitrogen and oxygen atoms in total. The molecule has 0 atom stereocenters. The molecule has 3 rings (SSSR count). The number of nitrogens with zero attached hydrogens (tertiary/aromatic N) is 3. The number of aromatic nitrogens is 3. The summed E-state index contributed by atoms with van der Waals surface area (Å²) in [5, 5.41) is 2.06. The molecule has 0 unspecified atom stereocenters. The van der Waals surface area contributed by atoms with Gasteiger partial charge in [-0.15, -0.1) is 0 Å². The molecule has 0 saturated carbocycles. The van der Waals surface area contributed by atoms with Gasteiger partial charge in [0.15, 0.2) is 0 Å². The fourth-order valence-corrected chi connectivity index (χ4v) is 2.10. The van der Waals surface area contributed by atoms with Crippen LogP contribution < -0.4 is 10.5 Å². The van der Waals surface area contributed by atoms with E-state index in [4.69, 9.17) is 10.5 Å². The molecular weight excluding hydrogens is 264 g/mol. The van der Waals surface area contributed by atoms with Crippen LogP contribution in [-0.2, 0) is 0 Å². The molecule has 0 aliphatic rings. The second kappa shape index (κ2) is 5.36. The van der Waals surface area contributed by atoms with Crippen LogP contribution >= 0.6 is 0 Å². The lowest BCUT2D eigenvalue weighted by molar-refractivity contribution is 0.232. The zero-order valence-corrected chi connectivity index (χ0v) is 11.9. The number of hydrogen-bond acceptors (Lipinski definition) is 5. The van der Waals surface area contributed by atoms with E-state index in [0.29, 0.717) is 11.7 Å². The molecule has 2 N–H and O–H groups in total. The summed E-state index contributed by atoms with van der Waals surface area (Å²) in [5.74, 6) is 1.03. The number of ether oxygens (including phenoxy) is 1. The van der Waals surface area contributed by atoms with E-state index in [-0.39, 0.29) is 6.10 Å². The van der Waals surface area contributed by atoms with Crippen LogP contribution in [-0.4, -0.2) is 21.1 Å². The fourth-order valence-electron chi connectivity index (χ4n) is 2.10. The molecule has 21 heavy (non-hydrogen) atoms. The van der Waals surface area contributed by atoms with E-state index in [2.05, 4.69) is 15.0 Å². The average Bonchev–Trinajstić information content (AvgIpc) is 2.46. The lowest BCUT2D eigenvalue weighted by Crippen LogP contribution is -2.07. The first kappa shape index (κ1) is 13.3. The summed E-state index contributed by atoms with van der Waals surface area (Å²) in [4.78, 5) is 12.8. The van der Waals surface area contributed by atoms with Gasteiger partial charge >= 0.3 is 0 Å². The number of benzene rings is 1. The number of anilines is 1. The third-order valence-corrected chi connectivity index (χ3v) is 3.01. The smallest absolute Gasteiger partial charge is 0.233 e. The monoisotopic (exact) mass is 280 g/mol. The van der Waals surface area contributed by atoms with Gasteiger partial charge in [-0.2, -0.15) is 0 Å². The van der Waals surface area contributed by atoms with E-state index in [1.807, 2.05) is 38.1 Å². The van der Waals surface area contributed by atoms with Crippen LogP contribution in [0.1, 0.15) is 13.8 Å². The van der Waals surface area contributed by atoms with Crippen LogP contribution in [0.2, 0.25) is 0 Å². The van der Waals surface area contributed by atoms with E-state index in [1.165, 1.54) is 0 Å². The molecule has 5 heteroatoms. The molecule has 106 valence electrons. The summed E-state index contributed by atoms with van der Waals surface area (Å²) < 4.78 is 5.58. The van der Waals surface area contributed by atoms with Crippen molar-refractivity contribution in [3.63, 3.8) is 0 Å². The number of fused-ring (bicyclic) bond motifs is 1. The van der Waals surface area contributed by atoms with Gasteiger partial charge in [0.2, 0.25) is 5.88 Å². The standard InChI is InChI=1S/C16H16N4O/c1-10(2)21-16-9-18-8-14(20-16)11-3-4-12-7-19-15(17)6-13(12)5-11/h3-10H,1-2H3,(H2,17,19). The van der Waals surface area contributed by atoms with Crippen molar-refractivity contribution in [2.75, 3.05) is 5.73 Å². The molecule has 0 aliphatic heterocycles. The molecule has 0 aliphatic carbocycles. The van der Waals surface area contributed by atoms with Crippen molar-refractivity contribution >= 4 is 16.6 Å². The van der Waals surface area contributed by atoms with E-state index in [0.717, 1.165) is 22.0 Å². The molecule has 0 fully saturated rings. The van der Waals surface area contributed by atoms with Gasteiger partial charge in [0.05, 0.1) is 24.2 Å². The van der Waals surface area contributed by atoms with Crippen LogP contribution in [0.5, 0.6) is 5.88 Å². The predicted molar refractivity (Wildman–Crippen MR) is 82.9 cm³/mol. The Hall–Kier alpha value is -2.69. The molecular formula is C16H16N4O. The largest absolute Gasteiger partial charge is 0.474 e. The van der Waals surface area contributed by atoms with E-state index >= 15 is 0 Å². The number of nitrogens with two attached hydrogens (primary N) is 1. The fraction of sp³-hybridized carbons (Fsp3) is 0.188. The first-order valence-corrected chi connectivity index (χ1v) is 6.76. The number of pyridine rings is 1. The zero-order valence-electron chi connectivity index (χ0n) is 11.9. The second-order valence-corrected chi connectivity index (χ2v) is 5.08. The highest BCUT2D eigenvalue weighted by atomic mass is 16.5. The lowest BCUT2D eigenvalue weighted by Gasteiger charge is -2.09.